The van der Waals surface area contributed by atoms with Gasteiger partial charge in [0.25, 0.3) is 0 Å². The van der Waals surface area contributed by atoms with Crippen molar-refractivity contribution in [3.05, 3.63) is 146 Å². The van der Waals surface area contributed by atoms with Crippen LogP contribution in [0.3, 0.4) is 0 Å². The molecule has 0 saturated carbocycles. The fourth-order valence-electron chi connectivity index (χ4n) is 5.16. The van der Waals surface area contributed by atoms with Crippen molar-refractivity contribution in [1.82, 2.24) is 0 Å². The van der Waals surface area contributed by atoms with Crippen molar-refractivity contribution in [3.63, 3.8) is 0 Å². The molecule has 0 aliphatic carbocycles. The Morgan fingerprint density at radius 2 is 1.03 bits per heavy atom. The minimum absolute atomic E-state index is 0.912. The zero-order valence-corrected chi connectivity index (χ0v) is 20.8. The fourth-order valence-corrected chi connectivity index (χ4v) is 5.16. The number of hydrogen-bond acceptors (Lipinski definition) is 2. The van der Waals surface area contributed by atoms with Gasteiger partial charge in [0.2, 0.25) is 0 Å². The molecule has 0 saturated heterocycles. The van der Waals surface area contributed by atoms with Crippen molar-refractivity contribution in [2.24, 2.45) is 0 Å². The van der Waals surface area contributed by atoms with Crippen molar-refractivity contribution in [2.75, 3.05) is 5.32 Å². The Labute approximate surface area is 221 Å². The first-order valence-corrected chi connectivity index (χ1v) is 12.9. The van der Waals surface area contributed by atoms with Crippen LogP contribution in [0.15, 0.2) is 150 Å². The van der Waals surface area contributed by atoms with Gasteiger partial charge in [-0.05, 0) is 70.3 Å². The lowest BCUT2D eigenvalue weighted by Crippen LogP contribution is -1.95. The van der Waals surface area contributed by atoms with Crippen LogP contribution in [0.2, 0.25) is 0 Å². The molecule has 0 fully saturated rings. The topological polar surface area (TPSA) is 25.2 Å². The largest absolute Gasteiger partial charge is 0.456 e. The van der Waals surface area contributed by atoms with Crippen LogP contribution in [0.4, 0.5) is 11.4 Å². The number of benzene rings is 6. The van der Waals surface area contributed by atoms with Gasteiger partial charge in [-0.1, -0.05) is 103 Å². The molecule has 1 N–H and O–H groups in total. The average Bonchev–Trinajstić information content (AvgIpc) is 3.36. The van der Waals surface area contributed by atoms with Gasteiger partial charge in [-0.25, -0.2) is 0 Å². The zero-order chi connectivity index (χ0) is 25.3. The van der Waals surface area contributed by atoms with Gasteiger partial charge < -0.3 is 9.73 Å². The van der Waals surface area contributed by atoms with E-state index in [1.165, 1.54) is 27.8 Å². The summed E-state index contributed by atoms with van der Waals surface area (Å²) in [5, 5.41) is 5.98. The summed E-state index contributed by atoms with van der Waals surface area (Å²) >= 11 is 0. The molecule has 0 aliphatic rings. The van der Waals surface area contributed by atoms with Crippen molar-refractivity contribution < 1.29 is 4.42 Å². The normalized spacial score (nSPS) is 11.2. The quantitative estimate of drug-likeness (QED) is 0.261. The Bertz CT molecular complexity index is 1880. The predicted octanol–water partition coefficient (Wildman–Crippen LogP) is 10.3. The van der Waals surface area contributed by atoms with Gasteiger partial charge in [0.05, 0.1) is 0 Å². The lowest BCUT2D eigenvalue weighted by molar-refractivity contribution is 0.669. The van der Waals surface area contributed by atoms with Crippen LogP contribution in [0.1, 0.15) is 0 Å². The molecule has 0 unspecified atom stereocenters. The van der Waals surface area contributed by atoms with E-state index in [9.17, 15) is 0 Å². The Morgan fingerprint density at radius 1 is 0.395 bits per heavy atom. The maximum Gasteiger partial charge on any atom is 0.135 e. The van der Waals surface area contributed by atoms with E-state index < -0.39 is 0 Å². The standard InChI is InChI=1S/C36H25NO/c1-3-10-25(11-4-1)27-14-9-15-30(22-27)37-34-20-18-28(23-32(34)26-12-5-2-6-13-26)29-19-21-36-33(24-29)31-16-7-8-17-35(31)38-36/h1-24,37H. The minimum Gasteiger partial charge on any atom is -0.456 e. The molecule has 1 heterocycles. The summed E-state index contributed by atoms with van der Waals surface area (Å²) in [6.45, 7) is 0. The monoisotopic (exact) mass is 487 g/mol. The number of rotatable bonds is 5. The lowest BCUT2D eigenvalue weighted by atomic mass is 9.96. The molecule has 7 rings (SSSR count). The molecule has 38 heavy (non-hydrogen) atoms. The van der Waals surface area contributed by atoms with E-state index in [1.54, 1.807) is 0 Å². The highest BCUT2D eigenvalue weighted by Gasteiger charge is 2.12. The number of hydrogen-bond donors (Lipinski definition) is 1. The molecule has 0 spiro atoms. The van der Waals surface area contributed by atoms with E-state index >= 15 is 0 Å². The summed E-state index contributed by atoms with van der Waals surface area (Å²) in [7, 11) is 0. The molecule has 7 aromatic rings. The molecule has 180 valence electrons. The van der Waals surface area contributed by atoms with Gasteiger partial charge in [-0.15, -0.1) is 0 Å². The zero-order valence-electron chi connectivity index (χ0n) is 20.8. The molecule has 0 bridgehead atoms. The molecule has 0 atom stereocenters. The lowest BCUT2D eigenvalue weighted by Gasteiger charge is -2.15. The molecule has 0 radical (unpaired) electrons. The highest BCUT2D eigenvalue weighted by molar-refractivity contribution is 6.06. The van der Waals surface area contributed by atoms with Crippen LogP contribution in [-0.2, 0) is 0 Å². The third kappa shape index (κ3) is 4.12. The van der Waals surface area contributed by atoms with Crippen LogP contribution in [0.5, 0.6) is 0 Å². The summed E-state index contributed by atoms with van der Waals surface area (Å²) in [4.78, 5) is 0. The third-order valence-electron chi connectivity index (χ3n) is 7.06. The molecule has 0 amide bonds. The van der Waals surface area contributed by atoms with Gasteiger partial charge in [-0.3, -0.25) is 0 Å². The fraction of sp³-hybridized carbons (Fsp3) is 0. The second-order valence-corrected chi connectivity index (χ2v) is 9.51. The van der Waals surface area contributed by atoms with E-state index in [4.69, 9.17) is 4.42 Å². The summed E-state index contributed by atoms with van der Waals surface area (Å²) in [5.41, 5.74) is 11.0. The second kappa shape index (κ2) is 9.42. The van der Waals surface area contributed by atoms with Crippen molar-refractivity contribution in [1.29, 1.82) is 0 Å². The first kappa shape index (κ1) is 22.1. The van der Waals surface area contributed by atoms with E-state index in [0.29, 0.717) is 0 Å². The van der Waals surface area contributed by atoms with Crippen LogP contribution in [0.25, 0.3) is 55.3 Å². The Balaban J connectivity index is 1.31. The van der Waals surface area contributed by atoms with Gasteiger partial charge in [0.1, 0.15) is 11.2 Å². The summed E-state index contributed by atoms with van der Waals surface area (Å²) < 4.78 is 6.05. The molecule has 6 aromatic carbocycles. The highest BCUT2D eigenvalue weighted by atomic mass is 16.3. The van der Waals surface area contributed by atoms with Crippen molar-refractivity contribution >= 4 is 33.3 Å². The number of para-hydroxylation sites is 1. The Kier molecular flexibility index (Phi) is 5.49. The molecular weight excluding hydrogens is 462 g/mol. The van der Waals surface area contributed by atoms with Crippen LogP contribution in [0, 0.1) is 0 Å². The highest BCUT2D eigenvalue weighted by Crippen LogP contribution is 2.37. The summed E-state index contributed by atoms with van der Waals surface area (Å²) in [6.07, 6.45) is 0. The first-order valence-electron chi connectivity index (χ1n) is 12.9. The van der Waals surface area contributed by atoms with Gasteiger partial charge in [0.15, 0.2) is 0 Å². The van der Waals surface area contributed by atoms with E-state index in [0.717, 1.165) is 38.9 Å². The Morgan fingerprint density at radius 3 is 1.87 bits per heavy atom. The minimum atomic E-state index is 0.912. The molecular formula is C36H25NO. The maximum atomic E-state index is 6.05. The Hall–Kier alpha value is -5.08. The van der Waals surface area contributed by atoms with Gasteiger partial charge in [-0.2, -0.15) is 0 Å². The predicted molar refractivity (Wildman–Crippen MR) is 160 cm³/mol. The molecule has 2 heteroatoms. The second-order valence-electron chi connectivity index (χ2n) is 9.51. The van der Waals surface area contributed by atoms with Crippen LogP contribution < -0.4 is 5.32 Å². The van der Waals surface area contributed by atoms with E-state index in [1.807, 2.05) is 18.2 Å². The van der Waals surface area contributed by atoms with E-state index in [2.05, 4.69) is 133 Å². The molecule has 2 nitrogen and oxygen atoms in total. The molecule has 0 aliphatic heterocycles. The number of nitrogens with one attached hydrogen (secondary N) is 1. The van der Waals surface area contributed by atoms with Gasteiger partial charge in [0, 0.05) is 27.7 Å². The van der Waals surface area contributed by atoms with Crippen LogP contribution in [-0.4, -0.2) is 0 Å². The van der Waals surface area contributed by atoms with Gasteiger partial charge >= 0.3 is 0 Å². The number of anilines is 2. The average molecular weight is 488 g/mol. The first-order chi connectivity index (χ1) is 18.8. The van der Waals surface area contributed by atoms with Crippen LogP contribution >= 0.6 is 0 Å². The number of furan rings is 1. The van der Waals surface area contributed by atoms with E-state index in [-0.39, 0.29) is 0 Å². The van der Waals surface area contributed by atoms with Crippen molar-refractivity contribution in [2.45, 2.75) is 0 Å². The maximum absolute atomic E-state index is 6.05. The SMILES string of the molecule is c1ccc(-c2cccc(Nc3ccc(-c4ccc5oc6ccccc6c5c4)cc3-c3ccccc3)c2)cc1. The summed E-state index contributed by atoms with van der Waals surface area (Å²) in [5.74, 6) is 0. The number of fused-ring (bicyclic) bond motifs is 3. The summed E-state index contributed by atoms with van der Waals surface area (Å²) in [6, 6.07) is 51.0. The smallest absolute Gasteiger partial charge is 0.135 e. The van der Waals surface area contributed by atoms with Crippen molar-refractivity contribution in [3.8, 4) is 33.4 Å². The third-order valence-corrected chi connectivity index (χ3v) is 7.06. The molecule has 1 aromatic heterocycles.